The number of rotatable bonds is 4. The molecule has 4 rings (SSSR count). The number of aromatic nitrogens is 2. The van der Waals surface area contributed by atoms with Crippen LogP contribution in [0.3, 0.4) is 0 Å². The molecule has 0 amide bonds. The van der Waals surface area contributed by atoms with Crippen LogP contribution in [0.1, 0.15) is 51.4 Å². The first-order chi connectivity index (χ1) is 15.1. The lowest BCUT2D eigenvalue weighted by molar-refractivity contribution is -0.660. The lowest BCUT2D eigenvalue weighted by Crippen LogP contribution is -2.32. The summed E-state index contributed by atoms with van der Waals surface area (Å²) in [5.41, 5.74) is 4.17. The number of hydrogen-bond donors (Lipinski definition) is 0. The van der Waals surface area contributed by atoms with E-state index in [2.05, 4.69) is 4.98 Å². The SMILES string of the molecule is [2H]C([2H])(C)c1ccc2c(n1)oc1c(-c3cc(C([2H])([2H])C)c(C([2H])([2H])C)c[n+]3C)c(C)ccc12. The first-order valence-corrected chi connectivity index (χ1v) is 8.97. The molecule has 0 saturated carbocycles. The molecule has 27 heavy (non-hydrogen) atoms. The van der Waals surface area contributed by atoms with Crippen LogP contribution in [-0.4, -0.2) is 4.98 Å². The quantitative estimate of drug-likeness (QED) is 0.449. The van der Waals surface area contributed by atoms with E-state index in [0.29, 0.717) is 22.6 Å². The predicted molar refractivity (Wildman–Crippen MR) is 111 cm³/mol. The van der Waals surface area contributed by atoms with Gasteiger partial charge in [0.2, 0.25) is 11.4 Å². The van der Waals surface area contributed by atoms with E-state index >= 15 is 0 Å². The van der Waals surface area contributed by atoms with Crippen LogP contribution in [0.2, 0.25) is 0 Å². The molecule has 0 radical (unpaired) electrons. The van der Waals surface area contributed by atoms with E-state index in [1.807, 2.05) is 32.2 Å². The van der Waals surface area contributed by atoms with Crippen molar-refractivity contribution in [1.82, 2.24) is 4.98 Å². The van der Waals surface area contributed by atoms with Gasteiger partial charge in [-0.15, -0.1) is 0 Å². The third-order valence-corrected chi connectivity index (χ3v) is 5.04. The van der Waals surface area contributed by atoms with Crippen LogP contribution in [0, 0.1) is 6.92 Å². The molecule has 0 aliphatic rings. The molecule has 1 aromatic carbocycles. The van der Waals surface area contributed by atoms with Gasteiger partial charge < -0.3 is 4.42 Å². The Labute approximate surface area is 169 Å². The molecule has 3 heterocycles. The van der Waals surface area contributed by atoms with E-state index in [1.165, 1.54) is 20.8 Å². The van der Waals surface area contributed by atoms with Crippen molar-refractivity contribution in [2.75, 3.05) is 0 Å². The first-order valence-electron chi connectivity index (χ1n) is 12.0. The summed E-state index contributed by atoms with van der Waals surface area (Å²) in [5.74, 6) is 0. The zero-order valence-corrected chi connectivity index (χ0v) is 16.3. The van der Waals surface area contributed by atoms with Crippen LogP contribution in [0.4, 0.5) is 0 Å². The summed E-state index contributed by atoms with van der Waals surface area (Å²) in [6.07, 6.45) is -3.42. The molecule has 0 spiro atoms. The van der Waals surface area contributed by atoms with E-state index in [4.69, 9.17) is 12.6 Å². The second kappa shape index (κ2) is 6.80. The predicted octanol–water partition coefficient (Wildman–Crippen LogP) is 5.47. The minimum Gasteiger partial charge on any atom is -0.437 e. The molecule has 0 bridgehead atoms. The Balaban J connectivity index is 2.06. The van der Waals surface area contributed by atoms with Crippen molar-refractivity contribution in [2.24, 2.45) is 7.05 Å². The first kappa shape index (κ1) is 11.9. The molecule has 3 aromatic heterocycles. The van der Waals surface area contributed by atoms with Crippen molar-refractivity contribution in [3.05, 3.63) is 58.9 Å². The van der Waals surface area contributed by atoms with E-state index in [1.54, 1.807) is 22.9 Å². The molecule has 0 saturated heterocycles. The summed E-state index contributed by atoms with van der Waals surface area (Å²) in [5, 5.41) is 1.60. The maximum atomic E-state index is 8.33. The lowest BCUT2D eigenvalue weighted by atomic mass is 9.97. The highest BCUT2D eigenvalue weighted by molar-refractivity contribution is 6.08. The van der Waals surface area contributed by atoms with Gasteiger partial charge in [0.05, 0.1) is 5.56 Å². The third-order valence-electron chi connectivity index (χ3n) is 5.04. The van der Waals surface area contributed by atoms with Crippen molar-refractivity contribution < 1.29 is 17.2 Å². The van der Waals surface area contributed by atoms with Crippen molar-refractivity contribution in [3.8, 4) is 11.3 Å². The number of fused-ring (bicyclic) bond motifs is 3. The van der Waals surface area contributed by atoms with Crippen molar-refractivity contribution >= 4 is 22.1 Å². The number of pyridine rings is 2. The minimum absolute atomic E-state index is 0.286. The topological polar surface area (TPSA) is 29.9 Å². The Hall–Kier alpha value is -2.68. The van der Waals surface area contributed by atoms with E-state index in [9.17, 15) is 0 Å². The van der Waals surface area contributed by atoms with Gasteiger partial charge in [-0.25, -0.2) is 9.55 Å². The highest BCUT2D eigenvalue weighted by Gasteiger charge is 2.22. The molecule has 3 heteroatoms. The zero-order valence-electron chi connectivity index (χ0n) is 22.3. The molecule has 0 fully saturated rings. The maximum absolute atomic E-state index is 8.33. The summed E-state index contributed by atoms with van der Waals surface area (Å²) in [7, 11) is 1.81. The fraction of sp³-hybridized carbons (Fsp3) is 0.333. The fourth-order valence-electron chi connectivity index (χ4n) is 3.58. The third kappa shape index (κ3) is 2.82. The van der Waals surface area contributed by atoms with Crippen LogP contribution in [0.5, 0.6) is 0 Å². The van der Waals surface area contributed by atoms with Gasteiger partial charge in [0.15, 0.2) is 11.8 Å². The van der Waals surface area contributed by atoms with Crippen LogP contribution >= 0.6 is 0 Å². The fourth-order valence-corrected chi connectivity index (χ4v) is 3.58. The highest BCUT2D eigenvalue weighted by Crippen LogP contribution is 2.36. The van der Waals surface area contributed by atoms with Gasteiger partial charge in [0.25, 0.3) is 0 Å². The maximum Gasteiger partial charge on any atom is 0.227 e. The van der Waals surface area contributed by atoms with Gasteiger partial charge in [-0.05, 0) is 49.3 Å². The lowest BCUT2D eigenvalue weighted by Gasteiger charge is -2.10. The van der Waals surface area contributed by atoms with Crippen LogP contribution in [0.15, 0.2) is 40.9 Å². The Kier molecular flexibility index (Phi) is 3.00. The molecular formula is C24H27N2O+. The van der Waals surface area contributed by atoms with Gasteiger partial charge in [-0.3, -0.25) is 0 Å². The number of furan rings is 1. The summed E-state index contributed by atoms with van der Waals surface area (Å²) < 4.78 is 57.0. The van der Waals surface area contributed by atoms with E-state index < -0.39 is 19.1 Å². The second-order valence-corrected chi connectivity index (χ2v) is 6.63. The van der Waals surface area contributed by atoms with E-state index in [0.717, 1.165) is 21.9 Å². The Morgan fingerprint density at radius 3 is 2.44 bits per heavy atom. The molecule has 0 aliphatic carbocycles. The standard InChI is InChI=1S/C24H27N2O/c1-6-16-13-21(26(5)14-17(16)7-2)22-15(4)9-11-19-20-12-10-18(8-3)25-24(20)27-23(19)22/h9-14H,6-8H2,1-5H3/q+1/i6D2,7D2,8D2. The molecule has 3 nitrogen and oxygen atoms in total. The van der Waals surface area contributed by atoms with E-state index in [-0.39, 0.29) is 11.3 Å². The van der Waals surface area contributed by atoms with Crippen molar-refractivity contribution in [1.29, 1.82) is 0 Å². The summed E-state index contributed by atoms with van der Waals surface area (Å²) >= 11 is 0. The molecule has 0 unspecified atom stereocenters. The average Bonchev–Trinajstić information content (AvgIpc) is 3.03. The number of hydrogen-bond acceptors (Lipinski definition) is 2. The van der Waals surface area contributed by atoms with Gasteiger partial charge in [-0.1, -0.05) is 32.9 Å². The van der Waals surface area contributed by atoms with Crippen molar-refractivity contribution in [3.63, 3.8) is 0 Å². The Bertz CT molecular complexity index is 1390. The van der Waals surface area contributed by atoms with Gasteiger partial charge in [0.1, 0.15) is 7.05 Å². The summed E-state index contributed by atoms with van der Waals surface area (Å²) in [4.78, 5) is 4.42. The smallest absolute Gasteiger partial charge is 0.227 e. The number of aryl methyl sites for hydroxylation is 5. The molecule has 0 N–H and O–H groups in total. The van der Waals surface area contributed by atoms with Crippen LogP contribution in [0.25, 0.3) is 33.3 Å². The van der Waals surface area contributed by atoms with Crippen molar-refractivity contribution in [2.45, 2.75) is 46.8 Å². The minimum atomic E-state index is -1.75. The molecular weight excluding hydrogens is 332 g/mol. The van der Waals surface area contributed by atoms with Gasteiger partial charge in [-0.2, -0.15) is 0 Å². The monoisotopic (exact) mass is 365 g/mol. The normalized spacial score (nSPS) is 16.5. The molecule has 4 aromatic rings. The van der Waals surface area contributed by atoms with Gasteiger partial charge in [0, 0.05) is 36.3 Å². The molecule has 0 aliphatic heterocycles. The average molecular weight is 366 g/mol. The molecule has 138 valence electrons. The van der Waals surface area contributed by atoms with Gasteiger partial charge >= 0.3 is 0 Å². The second-order valence-electron chi connectivity index (χ2n) is 6.63. The summed E-state index contributed by atoms with van der Waals surface area (Å²) in [6.45, 7) is 6.25. The Morgan fingerprint density at radius 2 is 1.74 bits per heavy atom. The van der Waals surface area contributed by atoms with Crippen LogP contribution < -0.4 is 4.57 Å². The zero-order chi connectivity index (χ0) is 24.5. The Morgan fingerprint density at radius 1 is 1.00 bits per heavy atom. The number of benzene rings is 1. The summed E-state index contributed by atoms with van der Waals surface area (Å²) in [6, 6.07) is 9.09. The largest absolute Gasteiger partial charge is 0.437 e. The highest BCUT2D eigenvalue weighted by atomic mass is 16.3. The van der Waals surface area contributed by atoms with Crippen LogP contribution in [-0.2, 0) is 26.2 Å². The number of nitrogens with zero attached hydrogens (tertiary/aromatic N) is 2. The molecule has 0 atom stereocenters.